The molecule has 3 rings (SSSR count). The zero-order valence-electron chi connectivity index (χ0n) is 12.6. The molecule has 1 N–H and O–H groups in total. The largest absolute Gasteiger partial charge is 0.319 e. The fraction of sp³-hybridized carbons (Fsp3) is 0.647. The molecule has 20 heavy (non-hydrogen) atoms. The molecule has 2 aliphatic rings. The molecule has 1 aromatic rings. The Balaban J connectivity index is 1.85. The number of piperidine rings is 1. The summed E-state index contributed by atoms with van der Waals surface area (Å²) >= 11 is 1.83. The topological polar surface area (TPSA) is 15.3 Å². The fourth-order valence-corrected chi connectivity index (χ4v) is 4.07. The summed E-state index contributed by atoms with van der Waals surface area (Å²) in [5, 5.41) is 3.41. The molecule has 2 nitrogen and oxygen atoms in total. The van der Waals surface area contributed by atoms with Gasteiger partial charge in [-0.15, -0.1) is 11.8 Å². The number of benzene rings is 1. The van der Waals surface area contributed by atoms with E-state index in [4.69, 9.17) is 0 Å². The van der Waals surface area contributed by atoms with Crippen LogP contribution in [0, 0.1) is 5.92 Å². The van der Waals surface area contributed by atoms with Gasteiger partial charge in [0.2, 0.25) is 0 Å². The fourth-order valence-electron chi connectivity index (χ4n) is 3.66. The van der Waals surface area contributed by atoms with Crippen molar-refractivity contribution in [2.45, 2.75) is 42.7 Å². The molecule has 2 atom stereocenters. The van der Waals surface area contributed by atoms with Crippen LogP contribution in [-0.2, 0) is 0 Å². The average Bonchev–Trinajstić information content (AvgIpc) is 3.32. The third-order valence-electron chi connectivity index (χ3n) is 4.73. The Morgan fingerprint density at radius 2 is 1.95 bits per heavy atom. The SMILES string of the molecule is CNCC1CCCN(C2CC2)C1c1ccc(SC)cc1. The average molecular weight is 290 g/mol. The van der Waals surface area contributed by atoms with Crippen LogP contribution in [0.25, 0.3) is 0 Å². The summed E-state index contributed by atoms with van der Waals surface area (Å²) < 4.78 is 0. The molecule has 1 saturated carbocycles. The number of likely N-dealkylation sites (tertiary alicyclic amines) is 1. The highest BCUT2D eigenvalue weighted by atomic mass is 32.2. The van der Waals surface area contributed by atoms with E-state index in [1.807, 2.05) is 11.8 Å². The van der Waals surface area contributed by atoms with E-state index in [0.717, 1.165) is 18.5 Å². The standard InChI is InChI=1S/C17H26N2S/c1-18-12-14-4-3-11-19(15-7-8-15)17(14)13-5-9-16(20-2)10-6-13/h5-6,9-10,14-15,17-18H,3-4,7-8,11-12H2,1-2H3. The van der Waals surface area contributed by atoms with Crippen molar-refractivity contribution in [2.75, 3.05) is 26.4 Å². The van der Waals surface area contributed by atoms with Gasteiger partial charge < -0.3 is 5.32 Å². The van der Waals surface area contributed by atoms with Crippen molar-refractivity contribution < 1.29 is 0 Å². The minimum atomic E-state index is 0.625. The van der Waals surface area contributed by atoms with Crippen molar-refractivity contribution in [3.8, 4) is 0 Å². The Morgan fingerprint density at radius 1 is 1.20 bits per heavy atom. The maximum atomic E-state index is 3.41. The smallest absolute Gasteiger partial charge is 0.0391 e. The van der Waals surface area contributed by atoms with Gasteiger partial charge in [-0.3, -0.25) is 4.90 Å². The van der Waals surface area contributed by atoms with Crippen molar-refractivity contribution in [2.24, 2.45) is 5.92 Å². The zero-order valence-corrected chi connectivity index (χ0v) is 13.5. The van der Waals surface area contributed by atoms with Gasteiger partial charge in [-0.1, -0.05) is 12.1 Å². The summed E-state index contributed by atoms with van der Waals surface area (Å²) in [7, 11) is 2.09. The van der Waals surface area contributed by atoms with Gasteiger partial charge in [-0.25, -0.2) is 0 Å². The van der Waals surface area contributed by atoms with E-state index in [9.17, 15) is 0 Å². The number of thioether (sulfide) groups is 1. The third-order valence-corrected chi connectivity index (χ3v) is 5.48. The van der Waals surface area contributed by atoms with Gasteiger partial charge in [0.15, 0.2) is 0 Å². The predicted molar refractivity (Wildman–Crippen MR) is 87.3 cm³/mol. The molecule has 1 aromatic carbocycles. The number of nitrogens with zero attached hydrogens (tertiary/aromatic N) is 1. The number of nitrogens with one attached hydrogen (secondary N) is 1. The predicted octanol–water partition coefficient (Wildman–Crippen LogP) is 3.54. The van der Waals surface area contributed by atoms with Crippen molar-refractivity contribution in [3.63, 3.8) is 0 Å². The highest BCUT2D eigenvalue weighted by molar-refractivity contribution is 7.98. The highest BCUT2D eigenvalue weighted by Gasteiger charge is 2.40. The first-order valence-corrected chi connectivity index (χ1v) is 9.10. The molecule has 1 aliphatic carbocycles. The van der Waals surface area contributed by atoms with Gasteiger partial charge in [-0.05, 0) is 75.7 Å². The number of hydrogen-bond acceptors (Lipinski definition) is 3. The lowest BCUT2D eigenvalue weighted by Gasteiger charge is -2.42. The third kappa shape index (κ3) is 3.05. The van der Waals surface area contributed by atoms with E-state index < -0.39 is 0 Å². The lowest BCUT2D eigenvalue weighted by Crippen LogP contribution is -2.43. The second kappa shape index (κ2) is 6.50. The van der Waals surface area contributed by atoms with Crippen LogP contribution in [0.3, 0.4) is 0 Å². The van der Waals surface area contributed by atoms with Gasteiger partial charge >= 0.3 is 0 Å². The number of rotatable bonds is 5. The number of hydrogen-bond donors (Lipinski definition) is 1. The summed E-state index contributed by atoms with van der Waals surface area (Å²) in [5.41, 5.74) is 1.52. The molecule has 0 aromatic heterocycles. The Labute approximate surface area is 127 Å². The maximum Gasteiger partial charge on any atom is 0.0391 e. The summed E-state index contributed by atoms with van der Waals surface area (Å²) in [4.78, 5) is 4.16. The molecule has 110 valence electrons. The normalized spacial score (nSPS) is 27.7. The van der Waals surface area contributed by atoms with E-state index in [2.05, 4.69) is 47.8 Å². The molecule has 2 fully saturated rings. The van der Waals surface area contributed by atoms with E-state index in [1.165, 1.54) is 42.7 Å². The minimum absolute atomic E-state index is 0.625. The Hall–Kier alpha value is -0.510. The molecule has 3 heteroatoms. The van der Waals surface area contributed by atoms with Crippen molar-refractivity contribution in [1.29, 1.82) is 0 Å². The Bertz CT molecular complexity index is 425. The lowest BCUT2D eigenvalue weighted by molar-refractivity contribution is 0.0845. The van der Waals surface area contributed by atoms with Gasteiger partial charge in [0.05, 0.1) is 0 Å². The van der Waals surface area contributed by atoms with Gasteiger partial charge in [-0.2, -0.15) is 0 Å². The second-order valence-corrected chi connectivity index (χ2v) is 7.03. The van der Waals surface area contributed by atoms with Crippen LogP contribution in [0.15, 0.2) is 29.2 Å². The summed E-state index contributed by atoms with van der Waals surface area (Å²) in [6.07, 6.45) is 7.69. The molecule has 0 amide bonds. The minimum Gasteiger partial charge on any atom is -0.319 e. The van der Waals surface area contributed by atoms with Crippen LogP contribution in [0.5, 0.6) is 0 Å². The first-order chi connectivity index (χ1) is 9.83. The van der Waals surface area contributed by atoms with Gasteiger partial charge in [0, 0.05) is 17.0 Å². The molecular formula is C17H26N2S. The van der Waals surface area contributed by atoms with E-state index >= 15 is 0 Å². The van der Waals surface area contributed by atoms with Crippen LogP contribution in [0.1, 0.15) is 37.3 Å². The van der Waals surface area contributed by atoms with Gasteiger partial charge in [0.1, 0.15) is 0 Å². The van der Waals surface area contributed by atoms with Crippen LogP contribution < -0.4 is 5.32 Å². The van der Waals surface area contributed by atoms with Crippen LogP contribution >= 0.6 is 11.8 Å². The summed E-state index contributed by atoms with van der Waals surface area (Å²) in [6.45, 7) is 2.43. The van der Waals surface area contributed by atoms with Crippen molar-refractivity contribution in [1.82, 2.24) is 10.2 Å². The zero-order chi connectivity index (χ0) is 13.9. The molecule has 1 heterocycles. The quantitative estimate of drug-likeness (QED) is 0.835. The Morgan fingerprint density at radius 3 is 2.55 bits per heavy atom. The van der Waals surface area contributed by atoms with Crippen molar-refractivity contribution in [3.05, 3.63) is 29.8 Å². The molecule has 0 bridgehead atoms. The molecule has 1 saturated heterocycles. The monoisotopic (exact) mass is 290 g/mol. The maximum absolute atomic E-state index is 3.41. The second-order valence-electron chi connectivity index (χ2n) is 6.15. The van der Waals surface area contributed by atoms with Gasteiger partial charge in [0.25, 0.3) is 0 Å². The van der Waals surface area contributed by atoms with Crippen LogP contribution in [-0.4, -0.2) is 37.3 Å². The van der Waals surface area contributed by atoms with Crippen molar-refractivity contribution >= 4 is 11.8 Å². The first-order valence-electron chi connectivity index (χ1n) is 7.87. The molecule has 1 aliphatic heterocycles. The Kier molecular flexibility index (Phi) is 4.69. The summed E-state index contributed by atoms with van der Waals surface area (Å²) in [6, 6.07) is 10.8. The molecular weight excluding hydrogens is 264 g/mol. The summed E-state index contributed by atoms with van der Waals surface area (Å²) in [5.74, 6) is 0.759. The molecule has 0 radical (unpaired) electrons. The van der Waals surface area contributed by atoms with E-state index in [0.29, 0.717) is 6.04 Å². The first kappa shape index (κ1) is 14.4. The van der Waals surface area contributed by atoms with E-state index in [1.54, 1.807) is 0 Å². The van der Waals surface area contributed by atoms with Crippen LogP contribution in [0.2, 0.25) is 0 Å². The lowest BCUT2D eigenvalue weighted by atomic mass is 9.84. The molecule has 0 spiro atoms. The van der Waals surface area contributed by atoms with Crippen LogP contribution in [0.4, 0.5) is 0 Å². The highest BCUT2D eigenvalue weighted by Crippen LogP contribution is 2.42. The molecule has 2 unspecified atom stereocenters. The van der Waals surface area contributed by atoms with E-state index in [-0.39, 0.29) is 0 Å².